The minimum atomic E-state index is -0.595. The van der Waals surface area contributed by atoms with Crippen molar-refractivity contribution in [1.82, 2.24) is 5.43 Å². The number of carbonyl (C=O) groups excluding carboxylic acids is 1. The topological polar surface area (TPSA) is 69.2 Å². The second kappa shape index (κ2) is 9.23. The number of amides is 1. The van der Waals surface area contributed by atoms with Gasteiger partial charge in [0, 0.05) is 0 Å². The number of halogens is 1. The highest BCUT2D eigenvalue weighted by Crippen LogP contribution is 2.36. The third-order valence-electron chi connectivity index (χ3n) is 2.35. The van der Waals surface area contributed by atoms with Crippen LogP contribution in [0, 0.1) is 0 Å². The Morgan fingerprint density at radius 1 is 1.43 bits per heavy atom. The van der Waals surface area contributed by atoms with Gasteiger partial charge in [-0.05, 0) is 47.0 Å². The van der Waals surface area contributed by atoms with Crippen molar-refractivity contribution in [3.63, 3.8) is 0 Å². The van der Waals surface area contributed by atoms with Crippen LogP contribution in [-0.4, -0.2) is 32.6 Å². The number of benzene rings is 1. The Morgan fingerprint density at radius 2 is 2.19 bits per heavy atom. The van der Waals surface area contributed by atoms with E-state index in [1.54, 1.807) is 20.1 Å². The van der Waals surface area contributed by atoms with Crippen molar-refractivity contribution in [1.29, 1.82) is 0 Å². The number of methoxy groups -OCH3 is 1. The van der Waals surface area contributed by atoms with Crippen LogP contribution < -0.4 is 14.9 Å². The molecule has 0 spiro atoms. The number of ether oxygens (including phenoxy) is 3. The van der Waals surface area contributed by atoms with Crippen LogP contribution in [0.5, 0.6) is 11.5 Å². The average molecular weight is 359 g/mol. The van der Waals surface area contributed by atoms with Crippen LogP contribution in [0.25, 0.3) is 0 Å². The van der Waals surface area contributed by atoms with Crippen molar-refractivity contribution >= 4 is 28.2 Å². The first-order valence-corrected chi connectivity index (χ1v) is 7.37. The fourth-order valence-corrected chi connectivity index (χ4v) is 2.06. The SMILES string of the molecule is CCCOc1c(Br)cc(/C=N/NC(=O)OCC)cc1OC. The van der Waals surface area contributed by atoms with Crippen LogP contribution in [-0.2, 0) is 4.74 Å². The molecule has 0 saturated heterocycles. The number of hydrogen-bond acceptors (Lipinski definition) is 5. The Bertz CT molecular complexity index is 506. The standard InChI is InChI=1S/C14H19BrN2O4/c1-4-6-21-13-11(15)7-10(8-12(13)19-3)9-16-17-14(18)20-5-2/h7-9H,4-6H2,1-3H3,(H,17,18)/b16-9+. The molecule has 0 saturated carbocycles. The highest BCUT2D eigenvalue weighted by Gasteiger charge is 2.10. The molecule has 0 aliphatic heterocycles. The van der Waals surface area contributed by atoms with E-state index in [1.165, 1.54) is 6.21 Å². The summed E-state index contributed by atoms with van der Waals surface area (Å²) in [6, 6.07) is 3.59. The maximum Gasteiger partial charge on any atom is 0.427 e. The van der Waals surface area contributed by atoms with Crippen molar-refractivity contribution in [2.45, 2.75) is 20.3 Å². The normalized spacial score (nSPS) is 10.5. The predicted molar refractivity (Wildman–Crippen MR) is 84.2 cm³/mol. The molecular weight excluding hydrogens is 340 g/mol. The van der Waals surface area contributed by atoms with E-state index < -0.39 is 6.09 Å². The number of hydrazone groups is 1. The first-order chi connectivity index (χ1) is 10.1. The lowest BCUT2D eigenvalue weighted by atomic mass is 10.2. The summed E-state index contributed by atoms with van der Waals surface area (Å²) in [5.41, 5.74) is 3.01. The zero-order chi connectivity index (χ0) is 15.7. The van der Waals surface area contributed by atoms with Crippen LogP contribution in [0.1, 0.15) is 25.8 Å². The van der Waals surface area contributed by atoms with Gasteiger partial charge in [-0.3, -0.25) is 0 Å². The average Bonchev–Trinajstić information content (AvgIpc) is 2.46. The quantitative estimate of drug-likeness (QED) is 0.599. The van der Waals surface area contributed by atoms with E-state index in [1.807, 2.05) is 13.0 Å². The van der Waals surface area contributed by atoms with Crippen molar-refractivity contribution in [2.75, 3.05) is 20.3 Å². The minimum Gasteiger partial charge on any atom is -0.493 e. The smallest absolute Gasteiger partial charge is 0.427 e. The molecule has 0 heterocycles. The molecule has 0 atom stereocenters. The maximum absolute atomic E-state index is 11.1. The fourth-order valence-electron chi connectivity index (χ4n) is 1.48. The summed E-state index contributed by atoms with van der Waals surface area (Å²) in [5, 5.41) is 3.80. The van der Waals surface area contributed by atoms with Crippen LogP contribution in [0.4, 0.5) is 4.79 Å². The van der Waals surface area contributed by atoms with Gasteiger partial charge < -0.3 is 14.2 Å². The second-order valence-corrected chi connectivity index (χ2v) is 4.83. The van der Waals surface area contributed by atoms with Crippen molar-refractivity contribution in [2.24, 2.45) is 5.10 Å². The maximum atomic E-state index is 11.1. The minimum absolute atomic E-state index is 0.296. The lowest BCUT2D eigenvalue weighted by Gasteiger charge is -2.12. The molecule has 21 heavy (non-hydrogen) atoms. The molecule has 1 aromatic rings. The number of nitrogens with zero attached hydrogens (tertiary/aromatic N) is 1. The molecule has 1 aromatic carbocycles. The summed E-state index contributed by atoms with van der Waals surface area (Å²) in [6.07, 6.45) is 1.80. The Kier molecular flexibility index (Phi) is 7.60. The molecule has 0 fully saturated rings. The Morgan fingerprint density at radius 3 is 2.81 bits per heavy atom. The molecule has 0 unspecified atom stereocenters. The van der Waals surface area contributed by atoms with Gasteiger partial charge in [0.05, 0.1) is 31.0 Å². The zero-order valence-corrected chi connectivity index (χ0v) is 13.9. The van der Waals surface area contributed by atoms with E-state index in [2.05, 4.69) is 26.5 Å². The molecule has 1 amide bonds. The van der Waals surface area contributed by atoms with Gasteiger partial charge in [-0.1, -0.05) is 6.92 Å². The highest BCUT2D eigenvalue weighted by atomic mass is 79.9. The van der Waals surface area contributed by atoms with Crippen LogP contribution in [0.3, 0.4) is 0 Å². The van der Waals surface area contributed by atoms with Gasteiger partial charge >= 0.3 is 6.09 Å². The number of hydrogen-bond donors (Lipinski definition) is 1. The first-order valence-electron chi connectivity index (χ1n) is 6.58. The van der Waals surface area contributed by atoms with Crippen LogP contribution in [0.15, 0.2) is 21.7 Å². The Hall–Kier alpha value is -1.76. The Labute approximate surface area is 132 Å². The molecule has 7 heteroatoms. The molecular formula is C14H19BrN2O4. The van der Waals surface area contributed by atoms with Crippen LogP contribution >= 0.6 is 15.9 Å². The van der Waals surface area contributed by atoms with Gasteiger partial charge in [0.1, 0.15) is 0 Å². The van der Waals surface area contributed by atoms with Gasteiger partial charge in [0.15, 0.2) is 11.5 Å². The molecule has 116 valence electrons. The van der Waals surface area contributed by atoms with E-state index >= 15 is 0 Å². The molecule has 0 aliphatic rings. The van der Waals surface area contributed by atoms with Gasteiger partial charge in [-0.2, -0.15) is 5.10 Å². The van der Waals surface area contributed by atoms with E-state index in [-0.39, 0.29) is 0 Å². The van der Waals surface area contributed by atoms with Gasteiger partial charge in [-0.25, -0.2) is 10.2 Å². The first kappa shape index (κ1) is 17.3. The summed E-state index contributed by atoms with van der Waals surface area (Å²) in [7, 11) is 1.57. The van der Waals surface area contributed by atoms with Crippen LogP contribution in [0.2, 0.25) is 0 Å². The van der Waals surface area contributed by atoms with Crippen molar-refractivity contribution < 1.29 is 19.0 Å². The largest absolute Gasteiger partial charge is 0.493 e. The summed E-state index contributed by atoms with van der Waals surface area (Å²) >= 11 is 3.44. The van der Waals surface area contributed by atoms with Crippen molar-refractivity contribution in [3.8, 4) is 11.5 Å². The fraction of sp³-hybridized carbons (Fsp3) is 0.429. The van der Waals surface area contributed by atoms with Crippen molar-refractivity contribution in [3.05, 3.63) is 22.2 Å². The lowest BCUT2D eigenvalue weighted by Crippen LogP contribution is -2.18. The molecule has 0 bridgehead atoms. The molecule has 1 N–H and O–H groups in total. The summed E-state index contributed by atoms with van der Waals surface area (Å²) in [5.74, 6) is 1.24. The third kappa shape index (κ3) is 5.63. The lowest BCUT2D eigenvalue weighted by molar-refractivity contribution is 0.152. The van der Waals surface area contributed by atoms with Gasteiger partial charge in [-0.15, -0.1) is 0 Å². The molecule has 6 nitrogen and oxygen atoms in total. The molecule has 1 rings (SSSR count). The number of carbonyl (C=O) groups is 1. The highest BCUT2D eigenvalue weighted by molar-refractivity contribution is 9.10. The summed E-state index contributed by atoms with van der Waals surface area (Å²) < 4.78 is 16.4. The second-order valence-electron chi connectivity index (χ2n) is 3.97. The van der Waals surface area contributed by atoms with Gasteiger partial charge in [0.2, 0.25) is 0 Å². The molecule has 0 radical (unpaired) electrons. The number of nitrogens with one attached hydrogen (secondary N) is 1. The van der Waals surface area contributed by atoms with E-state index in [9.17, 15) is 4.79 Å². The van der Waals surface area contributed by atoms with E-state index in [0.29, 0.717) is 24.7 Å². The number of rotatable bonds is 7. The monoisotopic (exact) mass is 358 g/mol. The van der Waals surface area contributed by atoms with E-state index in [4.69, 9.17) is 14.2 Å². The molecule has 0 aromatic heterocycles. The predicted octanol–water partition coefficient (Wildman–Crippen LogP) is 3.33. The Balaban J connectivity index is 2.82. The summed E-state index contributed by atoms with van der Waals surface area (Å²) in [6.45, 7) is 4.65. The zero-order valence-electron chi connectivity index (χ0n) is 12.3. The van der Waals surface area contributed by atoms with Gasteiger partial charge in [0.25, 0.3) is 0 Å². The third-order valence-corrected chi connectivity index (χ3v) is 2.94. The summed E-state index contributed by atoms with van der Waals surface area (Å²) in [4.78, 5) is 11.1. The molecule has 0 aliphatic carbocycles. The van der Waals surface area contributed by atoms with E-state index in [0.717, 1.165) is 16.5 Å².